The van der Waals surface area contributed by atoms with E-state index < -0.39 is 11.5 Å². The van der Waals surface area contributed by atoms with Gasteiger partial charge in [-0.1, -0.05) is 23.7 Å². The number of hydrogen-bond donors (Lipinski definition) is 1. The highest BCUT2D eigenvalue weighted by Crippen LogP contribution is 2.40. The Morgan fingerprint density at radius 2 is 2.03 bits per heavy atom. The lowest BCUT2D eigenvalue weighted by molar-refractivity contribution is -0.140. The molecule has 1 unspecified atom stereocenters. The van der Waals surface area contributed by atoms with Gasteiger partial charge in [0.1, 0.15) is 17.3 Å². The zero-order valence-corrected chi connectivity index (χ0v) is 19.5. The van der Waals surface area contributed by atoms with Gasteiger partial charge >= 0.3 is 0 Å². The summed E-state index contributed by atoms with van der Waals surface area (Å²) >= 11 is 6.29. The summed E-state index contributed by atoms with van der Waals surface area (Å²) < 4.78 is 25.0. The molecule has 1 N–H and O–H groups in total. The highest BCUT2D eigenvalue weighted by atomic mass is 35.5. The third-order valence-electron chi connectivity index (χ3n) is 6.14. The Morgan fingerprint density at radius 1 is 1.33 bits per heavy atom. The Balaban J connectivity index is 1.40. The number of rotatable bonds is 5. The van der Waals surface area contributed by atoms with Crippen LogP contribution in [0.25, 0.3) is 0 Å². The summed E-state index contributed by atoms with van der Waals surface area (Å²) in [6.45, 7) is 5.11. The number of ether oxygens (including phenoxy) is 2. The maximum atomic E-state index is 13.2. The van der Waals surface area contributed by atoms with Crippen molar-refractivity contribution in [2.75, 3.05) is 25.0 Å². The number of nitriles is 1. The van der Waals surface area contributed by atoms with Gasteiger partial charge in [-0.3, -0.25) is 4.79 Å². The third kappa shape index (κ3) is 5.17. The minimum absolute atomic E-state index is 0.0433. The molecular formula is C25H27ClFN3O3. The van der Waals surface area contributed by atoms with E-state index in [0.29, 0.717) is 55.4 Å². The monoisotopic (exact) mass is 471 g/mol. The molecule has 2 aliphatic rings. The highest BCUT2D eigenvalue weighted by molar-refractivity contribution is 6.32. The van der Waals surface area contributed by atoms with Gasteiger partial charge < -0.3 is 19.7 Å². The number of benzene rings is 2. The molecule has 0 saturated carbocycles. The summed E-state index contributed by atoms with van der Waals surface area (Å²) in [6.07, 6.45) is 0.951. The SMILES string of the molecule is CC(C)Oc1cc2c(cc1Cl)NCC(C(=O)N1CCC(C#N)(Cc3ccc(F)cc3)CC1)O2. The van der Waals surface area contributed by atoms with Crippen LogP contribution in [0.3, 0.4) is 0 Å². The first kappa shape index (κ1) is 23.2. The van der Waals surface area contributed by atoms with E-state index in [9.17, 15) is 14.4 Å². The molecule has 33 heavy (non-hydrogen) atoms. The summed E-state index contributed by atoms with van der Waals surface area (Å²) in [5.41, 5.74) is 1.08. The van der Waals surface area contributed by atoms with Crippen molar-refractivity contribution in [2.45, 2.75) is 45.3 Å². The quantitative estimate of drug-likeness (QED) is 0.677. The summed E-state index contributed by atoms with van der Waals surface area (Å²) in [4.78, 5) is 14.9. The average Bonchev–Trinajstić information content (AvgIpc) is 2.80. The fourth-order valence-corrected chi connectivity index (χ4v) is 4.54. The number of nitrogens with zero attached hydrogens (tertiary/aromatic N) is 2. The van der Waals surface area contributed by atoms with E-state index in [2.05, 4.69) is 11.4 Å². The van der Waals surface area contributed by atoms with Crippen LogP contribution >= 0.6 is 11.6 Å². The van der Waals surface area contributed by atoms with Crippen LogP contribution in [-0.4, -0.2) is 42.6 Å². The Labute approximate surface area is 198 Å². The van der Waals surface area contributed by atoms with Gasteiger partial charge in [-0.2, -0.15) is 5.26 Å². The zero-order chi connectivity index (χ0) is 23.6. The van der Waals surface area contributed by atoms with Crippen molar-refractivity contribution in [2.24, 2.45) is 5.41 Å². The summed E-state index contributed by atoms with van der Waals surface area (Å²) in [5.74, 6) is 0.637. The molecule has 0 aromatic heterocycles. The van der Waals surface area contributed by atoms with Gasteiger partial charge in [-0.05, 0) is 56.9 Å². The lowest BCUT2D eigenvalue weighted by Crippen LogP contribution is -2.51. The molecule has 8 heteroatoms. The first-order valence-electron chi connectivity index (χ1n) is 11.1. The molecule has 2 aliphatic heterocycles. The molecular weight excluding hydrogens is 445 g/mol. The molecule has 1 amide bonds. The fourth-order valence-electron chi connectivity index (χ4n) is 4.33. The van der Waals surface area contributed by atoms with Crippen molar-refractivity contribution < 1.29 is 18.7 Å². The third-order valence-corrected chi connectivity index (χ3v) is 6.44. The number of anilines is 1. The van der Waals surface area contributed by atoms with Gasteiger partial charge in [0.2, 0.25) is 0 Å². The molecule has 2 heterocycles. The Bertz CT molecular complexity index is 1060. The van der Waals surface area contributed by atoms with Crippen LogP contribution < -0.4 is 14.8 Å². The first-order valence-corrected chi connectivity index (χ1v) is 11.5. The minimum atomic E-state index is -0.669. The summed E-state index contributed by atoms with van der Waals surface area (Å²) in [5, 5.41) is 13.6. The molecule has 0 radical (unpaired) electrons. The molecule has 1 fully saturated rings. The fraction of sp³-hybridized carbons (Fsp3) is 0.440. The van der Waals surface area contributed by atoms with Crippen LogP contribution in [0, 0.1) is 22.6 Å². The second-order valence-electron chi connectivity index (χ2n) is 8.95. The number of likely N-dealkylation sites (tertiary alicyclic amines) is 1. The number of nitrogens with one attached hydrogen (secondary N) is 1. The Kier molecular flexibility index (Phi) is 6.66. The Hall–Kier alpha value is -2.98. The standard InChI is InChI=1S/C25H27ClFN3O3/c1-16(2)32-21-12-22-20(11-19(21)26)29-14-23(33-22)24(31)30-9-7-25(15-28,8-10-30)13-17-3-5-18(27)6-4-17/h3-6,11-12,16,23,29H,7-10,13-14H2,1-2H3. The molecule has 0 aliphatic carbocycles. The van der Waals surface area contributed by atoms with Gasteiger partial charge in [0.15, 0.2) is 6.10 Å². The van der Waals surface area contributed by atoms with E-state index in [0.717, 1.165) is 11.3 Å². The van der Waals surface area contributed by atoms with E-state index in [1.165, 1.54) is 12.1 Å². The molecule has 1 saturated heterocycles. The van der Waals surface area contributed by atoms with Crippen molar-refractivity contribution in [3.05, 3.63) is 52.8 Å². The molecule has 2 aromatic carbocycles. The molecule has 6 nitrogen and oxygen atoms in total. The summed E-state index contributed by atoms with van der Waals surface area (Å²) in [7, 11) is 0. The molecule has 2 aromatic rings. The number of fused-ring (bicyclic) bond motifs is 1. The number of halogens is 2. The smallest absolute Gasteiger partial charge is 0.265 e. The van der Waals surface area contributed by atoms with Crippen LogP contribution in [0.2, 0.25) is 5.02 Å². The van der Waals surface area contributed by atoms with E-state index in [4.69, 9.17) is 21.1 Å². The predicted octanol–water partition coefficient (Wildman–Crippen LogP) is 4.81. The van der Waals surface area contributed by atoms with Gasteiger partial charge in [0.05, 0.1) is 34.8 Å². The number of carbonyl (C=O) groups excluding carboxylic acids is 1. The largest absolute Gasteiger partial charge is 0.489 e. The van der Waals surface area contributed by atoms with Gasteiger partial charge in [-0.25, -0.2) is 4.39 Å². The van der Waals surface area contributed by atoms with Crippen molar-refractivity contribution >= 4 is 23.2 Å². The molecule has 0 spiro atoms. The van der Waals surface area contributed by atoms with Crippen LogP contribution in [0.4, 0.5) is 10.1 Å². The predicted molar refractivity (Wildman–Crippen MR) is 124 cm³/mol. The summed E-state index contributed by atoms with van der Waals surface area (Å²) in [6, 6.07) is 12.2. The van der Waals surface area contributed by atoms with Gasteiger partial charge in [0.25, 0.3) is 5.91 Å². The normalized spacial score (nSPS) is 19.2. The molecule has 174 valence electrons. The minimum Gasteiger partial charge on any atom is -0.489 e. The van der Waals surface area contributed by atoms with Crippen molar-refractivity contribution in [3.63, 3.8) is 0 Å². The van der Waals surface area contributed by atoms with Crippen molar-refractivity contribution in [1.29, 1.82) is 5.26 Å². The van der Waals surface area contributed by atoms with Crippen molar-refractivity contribution in [3.8, 4) is 17.6 Å². The number of amides is 1. The first-order chi connectivity index (χ1) is 15.8. The lowest BCUT2D eigenvalue weighted by Gasteiger charge is -2.39. The lowest BCUT2D eigenvalue weighted by atomic mass is 9.75. The van der Waals surface area contributed by atoms with Gasteiger partial charge in [-0.15, -0.1) is 0 Å². The van der Waals surface area contributed by atoms with Crippen LogP contribution in [-0.2, 0) is 11.2 Å². The van der Waals surface area contributed by atoms with Crippen molar-refractivity contribution in [1.82, 2.24) is 4.90 Å². The molecule has 1 atom stereocenters. The topological polar surface area (TPSA) is 74.6 Å². The van der Waals surface area contributed by atoms with Crippen LogP contribution in [0.5, 0.6) is 11.5 Å². The second-order valence-corrected chi connectivity index (χ2v) is 9.36. The average molecular weight is 472 g/mol. The van der Waals surface area contributed by atoms with Gasteiger partial charge in [0, 0.05) is 19.2 Å². The van der Waals surface area contributed by atoms with Crippen LogP contribution in [0.1, 0.15) is 32.3 Å². The highest BCUT2D eigenvalue weighted by Gasteiger charge is 2.39. The van der Waals surface area contributed by atoms with E-state index in [1.807, 2.05) is 13.8 Å². The van der Waals surface area contributed by atoms with Crippen LogP contribution in [0.15, 0.2) is 36.4 Å². The number of carbonyl (C=O) groups is 1. The molecule has 0 bridgehead atoms. The number of hydrogen-bond acceptors (Lipinski definition) is 5. The van der Waals surface area contributed by atoms with E-state index in [1.54, 1.807) is 29.2 Å². The van der Waals surface area contributed by atoms with E-state index >= 15 is 0 Å². The second kappa shape index (κ2) is 9.48. The number of piperidine rings is 1. The Morgan fingerprint density at radius 3 is 2.67 bits per heavy atom. The van der Waals surface area contributed by atoms with E-state index in [-0.39, 0.29) is 17.8 Å². The maximum Gasteiger partial charge on any atom is 0.265 e. The maximum absolute atomic E-state index is 13.2. The zero-order valence-electron chi connectivity index (χ0n) is 18.7. The molecule has 4 rings (SSSR count).